The van der Waals surface area contributed by atoms with E-state index in [1.807, 2.05) is 6.08 Å². The van der Waals surface area contributed by atoms with Crippen LogP contribution in [0.5, 0.6) is 0 Å². The molecule has 0 aliphatic heterocycles. The third-order valence-corrected chi connectivity index (χ3v) is 2.23. The highest BCUT2D eigenvalue weighted by atomic mass is 32.2. The topological polar surface area (TPSA) is 12.0 Å². The van der Waals surface area contributed by atoms with Gasteiger partial charge in [0.1, 0.15) is 0 Å². The van der Waals surface area contributed by atoms with Crippen LogP contribution in [0.3, 0.4) is 0 Å². The molecular formula is C10H17NS. The maximum Gasteiger partial charge on any atom is 0.0545 e. The smallest absolute Gasteiger partial charge is 0.0545 e. The lowest BCUT2D eigenvalue weighted by Crippen LogP contribution is -2.18. The van der Waals surface area contributed by atoms with Crippen LogP contribution in [0, 0.1) is 12.3 Å². The first-order chi connectivity index (χ1) is 5.91. The quantitative estimate of drug-likeness (QED) is 0.350. The predicted molar refractivity (Wildman–Crippen MR) is 58.5 cm³/mol. The molecular weight excluding hydrogens is 166 g/mol. The molecule has 0 bridgehead atoms. The number of nitrogens with one attached hydrogen (secondary N) is 1. The van der Waals surface area contributed by atoms with E-state index in [1.54, 1.807) is 11.8 Å². The van der Waals surface area contributed by atoms with Gasteiger partial charge in [-0.3, -0.25) is 0 Å². The van der Waals surface area contributed by atoms with E-state index in [0.717, 1.165) is 31.0 Å². The fourth-order valence-electron chi connectivity index (χ4n) is 0.772. The van der Waals surface area contributed by atoms with Crippen molar-refractivity contribution in [3.05, 3.63) is 12.7 Å². The molecule has 0 rings (SSSR count). The molecule has 0 atom stereocenters. The number of hydrogen-bond donors (Lipinski definition) is 1. The monoisotopic (exact) mass is 183 g/mol. The van der Waals surface area contributed by atoms with Crippen LogP contribution in [0.15, 0.2) is 12.7 Å². The molecule has 68 valence electrons. The number of terminal acetylenes is 1. The van der Waals surface area contributed by atoms with Gasteiger partial charge in [-0.25, -0.2) is 0 Å². The Kier molecular flexibility index (Phi) is 10.3. The van der Waals surface area contributed by atoms with Crippen LogP contribution in [0.2, 0.25) is 0 Å². The summed E-state index contributed by atoms with van der Waals surface area (Å²) in [6, 6.07) is 0. The normalized spacial score (nSPS) is 9.25. The number of thioether (sulfide) groups is 1. The molecule has 1 N–H and O–H groups in total. The highest BCUT2D eigenvalue weighted by Crippen LogP contribution is 1.95. The molecule has 1 nitrogen and oxygen atoms in total. The van der Waals surface area contributed by atoms with Crippen LogP contribution in [-0.4, -0.2) is 24.6 Å². The first-order valence-corrected chi connectivity index (χ1v) is 5.40. The van der Waals surface area contributed by atoms with Crippen molar-refractivity contribution in [2.75, 3.05) is 24.6 Å². The molecule has 0 aliphatic carbocycles. The maximum absolute atomic E-state index is 5.11. The van der Waals surface area contributed by atoms with E-state index in [-0.39, 0.29) is 0 Å². The van der Waals surface area contributed by atoms with Crippen LogP contribution < -0.4 is 5.32 Å². The summed E-state index contributed by atoms with van der Waals surface area (Å²) >= 11 is 1.80. The largest absolute Gasteiger partial charge is 0.316 e. The zero-order valence-electron chi connectivity index (χ0n) is 7.51. The van der Waals surface area contributed by atoms with Gasteiger partial charge >= 0.3 is 0 Å². The molecule has 0 aliphatic rings. The van der Waals surface area contributed by atoms with E-state index in [2.05, 4.69) is 17.8 Å². The Hall–Kier alpha value is -0.390. The highest BCUT2D eigenvalue weighted by Gasteiger charge is 1.86. The Balaban J connectivity index is 2.82. The van der Waals surface area contributed by atoms with E-state index in [9.17, 15) is 0 Å². The van der Waals surface area contributed by atoms with Crippen molar-refractivity contribution < 1.29 is 0 Å². The van der Waals surface area contributed by atoms with Gasteiger partial charge < -0.3 is 5.32 Å². The number of rotatable bonds is 8. The highest BCUT2D eigenvalue weighted by molar-refractivity contribution is 7.99. The van der Waals surface area contributed by atoms with Gasteiger partial charge in [0, 0.05) is 12.3 Å². The van der Waals surface area contributed by atoms with E-state index in [4.69, 9.17) is 6.42 Å². The predicted octanol–water partition coefficient (Wildman–Crippen LogP) is 1.91. The fraction of sp³-hybridized carbons (Fsp3) is 0.600. The van der Waals surface area contributed by atoms with Gasteiger partial charge in [0.05, 0.1) is 5.75 Å². The number of unbranched alkanes of at least 4 members (excludes halogenated alkanes) is 1. The molecule has 0 aromatic heterocycles. The first-order valence-electron chi connectivity index (χ1n) is 4.24. The SMILES string of the molecule is C#CCSCCNCCCC=C. The lowest BCUT2D eigenvalue weighted by atomic mass is 10.3. The minimum Gasteiger partial charge on any atom is -0.316 e. The summed E-state index contributed by atoms with van der Waals surface area (Å²) in [5.74, 6) is 4.54. The Morgan fingerprint density at radius 2 is 2.33 bits per heavy atom. The second kappa shape index (κ2) is 10.6. The first kappa shape index (κ1) is 11.6. The minimum absolute atomic E-state index is 0.828. The van der Waals surface area contributed by atoms with Gasteiger partial charge in [0.15, 0.2) is 0 Å². The average Bonchev–Trinajstić information content (AvgIpc) is 2.10. The number of hydrogen-bond acceptors (Lipinski definition) is 2. The van der Waals surface area contributed by atoms with Gasteiger partial charge in [-0.2, -0.15) is 0 Å². The van der Waals surface area contributed by atoms with Gasteiger partial charge in [-0.05, 0) is 19.4 Å². The molecule has 0 amide bonds. The summed E-state index contributed by atoms with van der Waals surface area (Å²) in [7, 11) is 0. The second-order valence-corrected chi connectivity index (χ2v) is 3.54. The summed E-state index contributed by atoms with van der Waals surface area (Å²) in [6.07, 6.45) is 9.35. The number of allylic oxidation sites excluding steroid dienone is 1. The Bertz CT molecular complexity index is 137. The molecule has 12 heavy (non-hydrogen) atoms. The van der Waals surface area contributed by atoms with Crippen LogP contribution in [0.25, 0.3) is 0 Å². The molecule has 0 heterocycles. The van der Waals surface area contributed by atoms with Crippen LogP contribution in [0.1, 0.15) is 12.8 Å². The summed E-state index contributed by atoms with van der Waals surface area (Å²) in [6.45, 7) is 5.81. The molecule has 0 fully saturated rings. The summed E-state index contributed by atoms with van der Waals surface area (Å²) < 4.78 is 0. The third-order valence-electron chi connectivity index (χ3n) is 1.37. The van der Waals surface area contributed by atoms with Gasteiger partial charge in [-0.15, -0.1) is 24.8 Å². The van der Waals surface area contributed by atoms with E-state index in [0.29, 0.717) is 0 Å². The Morgan fingerprint density at radius 1 is 1.50 bits per heavy atom. The molecule has 0 spiro atoms. The van der Waals surface area contributed by atoms with Crippen molar-refractivity contribution >= 4 is 11.8 Å². The summed E-state index contributed by atoms with van der Waals surface area (Å²) in [4.78, 5) is 0. The molecule has 0 unspecified atom stereocenters. The van der Waals surface area contributed by atoms with Crippen LogP contribution >= 0.6 is 11.8 Å². The zero-order chi connectivity index (χ0) is 9.07. The lowest BCUT2D eigenvalue weighted by molar-refractivity contribution is 0.683. The molecule has 2 heteroatoms. The van der Waals surface area contributed by atoms with Gasteiger partial charge in [0.25, 0.3) is 0 Å². The van der Waals surface area contributed by atoms with Crippen molar-refractivity contribution in [1.29, 1.82) is 0 Å². The summed E-state index contributed by atoms with van der Waals surface area (Å²) in [5.41, 5.74) is 0. The molecule has 0 saturated heterocycles. The zero-order valence-corrected chi connectivity index (χ0v) is 8.33. The van der Waals surface area contributed by atoms with E-state index >= 15 is 0 Å². The average molecular weight is 183 g/mol. The fourth-order valence-corrected chi connectivity index (χ4v) is 1.32. The van der Waals surface area contributed by atoms with Crippen molar-refractivity contribution in [2.45, 2.75) is 12.8 Å². The molecule has 0 aromatic carbocycles. The van der Waals surface area contributed by atoms with Crippen LogP contribution in [-0.2, 0) is 0 Å². The Labute approximate surface area is 80.0 Å². The van der Waals surface area contributed by atoms with Crippen molar-refractivity contribution in [3.8, 4) is 12.3 Å². The molecule has 0 radical (unpaired) electrons. The van der Waals surface area contributed by atoms with Gasteiger partial charge in [-0.1, -0.05) is 12.0 Å². The Morgan fingerprint density at radius 3 is 3.00 bits per heavy atom. The third kappa shape index (κ3) is 9.61. The standard InChI is InChI=1S/C10H17NS/c1-3-5-6-7-11-8-10-12-9-4-2/h2-3,11H,1,5-10H2. The van der Waals surface area contributed by atoms with Crippen molar-refractivity contribution in [2.24, 2.45) is 0 Å². The van der Waals surface area contributed by atoms with Crippen molar-refractivity contribution in [3.63, 3.8) is 0 Å². The van der Waals surface area contributed by atoms with E-state index < -0.39 is 0 Å². The minimum atomic E-state index is 0.828. The molecule has 0 saturated carbocycles. The van der Waals surface area contributed by atoms with Crippen molar-refractivity contribution in [1.82, 2.24) is 5.32 Å². The summed E-state index contributed by atoms with van der Waals surface area (Å²) in [5, 5.41) is 3.34. The van der Waals surface area contributed by atoms with Crippen LogP contribution in [0.4, 0.5) is 0 Å². The second-order valence-electron chi connectivity index (χ2n) is 2.44. The van der Waals surface area contributed by atoms with Gasteiger partial charge in [0.2, 0.25) is 0 Å². The maximum atomic E-state index is 5.11. The van der Waals surface area contributed by atoms with E-state index in [1.165, 1.54) is 6.42 Å². The molecule has 0 aromatic rings. The lowest BCUT2D eigenvalue weighted by Gasteiger charge is -2.01.